The van der Waals surface area contributed by atoms with Crippen molar-refractivity contribution < 1.29 is 19.3 Å². The lowest BCUT2D eigenvalue weighted by Gasteiger charge is -2.22. The van der Waals surface area contributed by atoms with Crippen molar-refractivity contribution in [2.75, 3.05) is 51.9 Å². The Morgan fingerprint density at radius 1 is 1.13 bits per heavy atom. The summed E-state index contributed by atoms with van der Waals surface area (Å²) in [5, 5.41) is 16.4. The molecule has 0 radical (unpaired) electrons. The highest BCUT2D eigenvalue weighted by Crippen LogP contribution is 2.30. The number of benzene rings is 1. The maximum Gasteiger partial charge on any atom is 0.134 e. The predicted molar refractivity (Wildman–Crippen MR) is 119 cm³/mol. The highest BCUT2D eigenvalue weighted by Gasteiger charge is 2.22. The molecule has 168 valence electrons. The summed E-state index contributed by atoms with van der Waals surface area (Å²) in [7, 11) is 1.80. The third-order valence-corrected chi connectivity index (χ3v) is 5.62. The van der Waals surface area contributed by atoms with Crippen LogP contribution < -0.4 is 15.4 Å². The fourth-order valence-corrected chi connectivity index (χ4v) is 3.92. The molecule has 2 aliphatic rings. The lowest BCUT2D eigenvalue weighted by molar-refractivity contribution is 0.0836. The summed E-state index contributed by atoms with van der Waals surface area (Å²) in [5.74, 6) is 2.69. The smallest absolute Gasteiger partial charge is 0.134 e. The molecule has 4 rings (SSSR count). The van der Waals surface area contributed by atoms with E-state index in [1.54, 1.807) is 7.05 Å². The molecular formula is C23H32N4O4. The SMILES string of the molecule is CNCC(O)COc1cccc(-c2cc(N[C@H]3CCOC3)nc(C3CCOCC3)n2)c1. The van der Waals surface area contributed by atoms with E-state index >= 15 is 0 Å². The number of ether oxygens (including phenoxy) is 3. The van der Waals surface area contributed by atoms with Crippen molar-refractivity contribution in [1.29, 1.82) is 0 Å². The van der Waals surface area contributed by atoms with E-state index in [1.165, 1.54) is 0 Å². The van der Waals surface area contributed by atoms with Crippen molar-refractivity contribution in [2.24, 2.45) is 0 Å². The van der Waals surface area contributed by atoms with E-state index < -0.39 is 6.10 Å². The molecule has 2 saturated heterocycles. The van der Waals surface area contributed by atoms with Crippen LogP contribution in [0.1, 0.15) is 31.0 Å². The van der Waals surface area contributed by atoms with Crippen LogP contribution >= 0.6 is 0 Å². The average Bonchev–Trinajstić information content (AvgIpc) is 3.31. The van der Waals surface area contributed by atoms with Gasteiger partial charge in [-0.15, -0.1) is 0 Å². The third-order valence-electron chi connectivity index (χ3n) is 5.62. The molecule has 3 heterocycles. The second-order valence-electron chi connectivity index (χ2n) is 8.14. The van der Waals surface area contributed by atoms with Gasteiger partial charge in [0.15, 0.2) is 0 Å². The Morgan fingerprint density at radius 3 is 2.74 bits per heavy atom. The highest BCUT2D eigenvalue weighted by atomic mass is 16.5. The highest BCUT2D eigenvalue weighted by molar-refractivity contribution is 5.64. The van der Waals surface area contributed by atoms with Crippen molar-refractivity contribution in [3.05, 3.63) is 36.2 Å². The van der Waals surface area contributed by atoms with Gasteiger partial charge in [-0.25, -0.2) is 9.97 Å². The minimum atomic E-state index is -0.558. The van der Waals surface area contributed by atoms with Crippen LogP contribution in [-0.2, 0) is 9.47 Å². The number of aromatic nitrogens is 2. The van der Waals surface area contributed by atoms with Gasteiger partial charge in [0.25, 0.3) is 0 Å². The molecule has 0 amide bonds. The van der Waals surface area contributed by atoms with Crippen LogP contribution in [0, 0.1) is 0 Å². The normalized spacial score (nSPS) is 20.5. The monoisotopic (exact) mass is 428 g/mol. The summed E-state index contributed by atoms with van der Waals surface area (Å²) in [6.07, 6.45) is 2.28. The summed E-state index contributed by atoms with van der Waals surface area (Å²) >= 11 is 0. The van der Waals surface area contributed by atoms with Gasteiger partial charge in [-0.05, 0) is 38.4 Å². The van der Waals surface area contributed by atoms with Crippen molar-refractivity contribution in [2.45, 2.75) is 37.3 Å². The molecule has 0 bridgehead atoms. The first-order valence-corrected chi connectivity index (χ1v) is 11.1. The number of likely N-dealkylation sites (N-methyl/N-ethyl adjacent to an activating group) is 1. The van der Waals surface area contributed by atoms with Crippen molar-refractivity contribution in [3.8, 4) is 17.0 Å². The molecule has 31 heavy (non-hydrogen) atoms. The molecule has 2 aromatic rings. The van der Waals surface area contributed by atoms with E-state index in [-0.39, 0.29) is 12.6 Å². The van der Waals surface area contributed by atoms with E-state index in [9.17, 15) is 5.11 Å². The Morgan fingerprint density at radius 2 is 1.97 bits per heavy atom. The fraction of sp³-hybridized carbons (Fsp3) is 0.565. The zero-order chi connectivity index (χ0) is 21.5. The number of hydrogen-bond acceptors (Lipinski definition) is 8. The maximum atomic E-state index is 9.91. The second kappa shape index (κ2) is 10.9. The van der Waals surface area contributed by atoms with Crippen LogP contribution in [0.5, 0.6) is 5.75 Å². The molecule has 8 nitrogen and oxygen atoms in total. The third kappa shape index (κ3) is 6.13. The average molecular weight is 429 g/mol. The molecule has 8 heteroatoms. The Labute approximate surface area is 183 Å². The number of anilines is 1. The summed E-state index contributed by atoms with van der Waals surface area (Å²) in [5.41, 5.74) is 1.82. The van der Waals surface area contributed by atoms with Crippen LogP contribution in [0.25, 0.3) is 11.3 Å². The van der Waals surface area contributed by atoms with Crippen LogP contribution in [0.15, 0.2) is 30.3 Å². The summed E-state index contributed by atoms with van der Waals surface area (Å²) in [6, 6.07) is 10.1. The molecule has 2 aliphatic heterocycles. The molecule has 1 aromatic heterocycles. The molecule has 1 unspecified atom stereocenters. The van der Waals surface area contributed by atoms with E-state index in [4.69, 9.17) is 24.2 Å². The van der Waals surface area contributed by atoms with E-state index in [2.05, 4.69) is 10.6 Å². The number of nitrogens with one attached hydrogen (secondary N) is 2. The van der Waals surface area contributed by atoms with Gasteiger partial charge >= 0.3 is 0 Å². The van der Waals surface area contributed by atoms with Gasteiger partial charge in [-0.2, -0.15) is 0 Å². The van der Waals surface area contributed by atoms with Gasteiger partial charge in [0.05, 0.1) is 18.3 Å². The number of aliphatic hydroxyl groups is 1. The van der Waals surface area contributed by atoms with Crippen LogP contribution in [-0.4, -0.2) is 73.8 Å². The summed E-state index contributed by atoms with van der Waals surface area (Å²) in [6.45, 7) is 3.69. The van der Waals surface area contributed by atoms with Crippen LogP contribution in [0.3, 0.4) is 0 Å². The molecule has 1 aromatic carbocycles. The zero-order valence-corrected chi connectivity index (χ0v) is 18.0. The first-order valence-electron chi connectivity index (χ1n) is 11.1. The maximum absolute atomic E-state index is 9.91. The largest absolute Gasteiger partial charge is 0.491 e. The second-order valence-corrected chi connectivity index (χ2v) is 8.14. The van der Waals surface area contributed by atoms with Crippen LogP contribution in [0.2, 0.25) is 0 Å². The number of aliphatic hydroxyl groups excluding tert-OH is 1. The Balaban J connectivity index is 1.57. The molecule has 2 atom stereocenters. The Kier molecular flexibility index (Phi) is 7.69. The van der Waals surface area contributed by atoms with Gasteiger partial charge in [-0.1, -0.05) is 12.1 Å². The molecule has 3 N–H and O–H groups in total. The van der Waals surface area contributed by atoms with Crippen LogP contribution in [0.4, 0.5) is 5.82 Å². The quantitative estimate of drug-likeness (QED) is 0.559. The van der Waals surface area contributed by atoms with E-state index in [0.29, 0.717) is 24.8 Å². The minimum absolute atomic E-state index is 0.232. The lowest BCUT2D eigenvalue weighted by Crippen LogP contribution is -2.29. The van der Waals surface area contributed by atoms with Gasteiger partial charge in [-0.3, -0.25) is 0 Å². The first-order chi connectivity index (χ1) is 15.2. The predicted octanol–water partition coefficient (Wildman–Crippen LogP) is 2.20. The topological polar surface area (TPSA) is 97.8 Å². The van der Waals surface area contributed by atoms with Gasteiger partial charge in [0.2, 0.25) is 0 Å². The Bertz CT molecular complexity index is 838. The van der Waals surface area contributed by atoms with Crippen molar-refractivity contribution >= 4 is 5.82 Å². The number of rotatable bonds is 9. The zero-order valence-electron chi connectivity index (χ0n) is 18.0. The number of hydrogen-bond donors (Lipinski definition) is 3. The fourth-order valence-electron chi connectivity index (χ4n) is 3.92. The molecule has 0 aliphatic carbocycles. The molecular weight excluding hydrogens is 396 g/mol. The van der Waals surface area contributed by atoms with E-state index in [0.717, 1.165) is 62.0 Å². The van der Waals surface area contributed by atoms with Crippen molar-refractivity contribution in [1.82, 2.24) is 15.3 Å². The van der Waals surface area contributed by atoms with Gasteiger partial charge in [0, 0.05) is 43.9 Å². The summed E-state index contributed by atoms with van der Waals surface area (Å²) < 4.78 is 16.8. The van der Waals surface area contributed by atoms with E-state index in [1.807, 2.05) is 30.3 Å². The Hall–Kier alpha value is -2.26. The van der Waals surface area contributed by atoms with Crippen molar-refractivity contribution in [3.63, 3.8) is 0 Å². The minimum Gasteiger partial charge on any atom is -0.491 e. The molecule has 0 saturated carbocycles. The number of nitrogens with zero attached hydrogens (tertiary/aromatic N) is 2. The van der Waals surface area contributed by atoms with Gasteiger partial charge < -0.3 is 30.0 Å². The summed E-state index contributed by atoms with van der Waals surface area (Å²) in [4.78, 5) is 9.76. The molecule has 2 fully saturated rings. The standard InChI is InChI=1S/C23H32N4O4/c1-24-13-19(28)15-31-20-4-2-3-17(11-20)21-12-22(25-18-7-10-30-14-18)27-23(26-21)16-5-8-29-9-6-16/h2-4,11-12,16,18-19,24,28H,5-10,13-15H2,1H3,(H,25,26,27)/t18-,19?/m0/s1. The lowest BCUT2D eigenvalue weighted by atomic mass is 9.99. The first kappa shape index (κ1) is 22.0. The molecule has 0 spiro atoms. The van der Waals surface area contributed by atoms with Gasteiger partial charge in [0.1, 0.15) is 30.1 Å².